The molecule has 3 aromatic carbocycles. The van der Waals surface area contributed by atoms with Crippen LogP contribution in [0.4, 0.5) is 0 Å². The number of aryl methyl sites for hydroxylation is 1. The molecule has 0 radical (unpaired) electrons. The Kier molecular flexibility index (Phi) is 8.74. The molecule has 0 saturated carbocycles. The third-order valence-corrected chi connectivity index (χ3v) is 7.06. The summed E-state index contributed by atoms with van der Waals surface area (Å²) in [6.07, 6.45) is 2.44. The van der Waals surface area contributed by atoms with Gasteiger partial charge in [0.05, 0.1) is 18.1 Å². The SMILES string of the molecule is CCC(CCOc1ccc(-c2ccc(Cl)cc2)cc1)CCOS(=O)(=O)c1ccc(C)cc1. The molecule has 0 aromatic heterocycles. The Balaban J connectivity index is 1.43. The fourth-order valence-corrected chi connectivity index (χ4v) is 4.43. The first kappa shape index (κ1) is 24.3. The lowest BCUT2D eigenvalue weighted by Gasteiger charge is -2.15. The Morgan fingerprint density at radius 3 is 1.97 bits per heavy atom. The molecule has 0 aliphatic rings. The molecule has 0 N–H and O–H groups in total. The highest BCUT2D eigenvalue weighted by atomic mass is 35.5. The van der Waals surface area contributed by atoms with Gasteiger partial charge in [-0.25, -0.2) is 0 Å². The number of hydrogen-bond acceptors (Lipinski definition) is 4. The van der Waals surface area contributed by atoms with Gasteiger partial charge in [0.2, 0.25) is 0 Å². The van der Waals surface area contributed by atoms with Crippen LogP contribution in [0.2, 0.25) is 5.02 Å². The van der Waals surface area contributed by atoms with Crippen molar-refractivity contribution < 1.29 is 17.3 Å². The van der Waals surface area contributed by atoms with Gasteiger partial charge in [0, 0.05) is 5.02 Å². The standard InChI is InChI=1S/C26H29ClO4S/c1-3-21(17-19-31-32(28,29)26-14-4-20(2)5-15-26)16-18-30-25-12-8-23(9-13-25)22-6-10-24(27)11-7-22/h4-15,21H,3,16-19H2,1-2H3. The molecule has 0 fully saturated rings. The van der Waals surface area contributed by atoms with E-state index in [4.69, 9.17) is 20.5 Å². The summed E-state index contributed by atoms with van der Waals surface area (Å²) in [5.41, 5.74) is 3.22. The number of benzene rings is 3. The van der Waals surface area contributed by atoms with Gasteiger partial charge in [0.25, 0.3) is 10.1 Å². The van der Waals surface area contributed by atoms with Crippen LogP contribution in [0, 0.1) is 12.8 Å². The highest BCUT2D eigenvalue weighted by molar-refractivity contribution is 7.86. The fourth-order valence-electron chi connectivity index (χ4n) is 3.38. The summed E-state index contributed by atoms with van der Waals surface area (Å²) < 4.78 is 35.7. The predicted octanol–water partition coefficient (Wildman–Crippen LogP) is 6.91. The highest BCUT2D eigenvalue weighted by Gasteiger charge is 2.16. The number of rotatable bonds is 11. The van der Waals surface area contributed by atoms with E-state index >= 15 is 0 Å². The molecule has 3 aromatic rings. The zero-order chi connectivity index (χ0) is 23.0. The van der Waals surface area contributed by atoms with Crippen LogP contribution in [0.25, 0.3) is 11.1 Å². The zero-order valence-corrected chi connectivity index (χ0v) is 20.0. The van der Waals surface area contributed by atoms with Gasteiger partial charge < -0.3 is 4.74 Å². The van der Waals surface area contributed by atoms with E-state index in [2.05, 4.69) is 6.92 Å². The first-order valence-corrected chi connectivity index (χ1v) is 12.6. The normalized spacial score (nSPS) is 12.5. The first-order chi connectivity index (χ1) is 15.4. The Morgan fingerprint density at radius 1 is 0.812 bits per heavy atom. The zero-order valence-electron chi connectivity index (χ0n) is 18.5. The van der Waals surface area contributed by atoms with Gasteiger partial charge in [-0.1, -0.05) is 66.9 Å². The molecule has 1 atom stereocenters. The van der Waals surface area contributed by atoms with Crippen molar-refractivity contribution in [3.05, 3.63) is 83.4 Å². The Hall–Kier alpha value is -2.34. The Bertz CT molecular complexity index is 1080. The molecule has 170 valence electrons. The van der Waals surface area contributed by atoms with E-state index in [9.17, 15) is 8.42 Å². The summed E-state index contributed by atoms with van der Waals surface area (Å²) in [4.78, 5) is 0.196. The largest absolute Gasteiger partial charge is 0.494 e. The van der Waals surface area contributed by atoms with Crippen molar-refractivity contribution in [2.75, 3.05) is 13.2 Å². The average Bonchev–Trinajstić information content (AvgIpc) is 2.79. The first-order valence-electron chi connectivity index (χ1n) is 10.8. The fraction of sp³-hybridized carbons (Fsp3) is 0.308. The third kappa shape index (κ3) is 7.09. The van der Waals surface area contributed by atoms with E-state index in [1.165, 1.54) is 0 Å². The summed E-state index contributed by atoms with van der Waals surface area (Å²) >= 11 is 5.95. The summed E-state index contributed by atoms with van der Waals surface area (Å²) in [6, 6.07) is 22.4. The molecular formula is C26H29ClO4S. The minimum atomic E-state index is -3.71. The molecule has 32 heavy (non-hydrogen) atoms. The van der Waals surface area contributed by atoms with Crippen LogP contribution < -0.4 is 4.74 Å². The predicted molar refractivity (Wildman–Crippen MR) is 130 cm³/mol. The number of halogens is 1. The van der Waals surface area contributed by atoms with Crippen molar-refractivity contribution in [2.24, 2.45) is 5.92 Å². The van der Waals surface area contributed by atoms with Gasteiger partial charge in [0.15, 0.2) is 0 Å². The van der Waals surface area contributed by atoms with Crippen LogP contribution in [-0.4, -0.2) is 21.6 Å². The van der Waals surface area contributed by atoms with Gasteiger partial charge in [-0.05, 0) is 73.2 Å². The van der Waals surface area contributed by atoms with Crippen molar-refractivity contribution in [2.45, 2.75) is 38.0 Å². The van der Waals surface area contributed by atoms with Crippen LogP contribution in [0.5, 0.6) is 5.75 Å². The minimum absolute atomic E-state index is 0.171. The monoisotopic (exact) mass is 472 g/mol. The molecule has 0 aliphatic carbocycles. The smallest absolute Gasteiger partial charge is 0.296 e. The van der Waals surface area contributed by atoms with Gasteiger partial charge in [-0.3, -0.25) is 4.18 Å². The molecular weight excluding hydrogens is 444 g/mol. The molecule has 0 spiro atoms. The molecule has 4 nitrogen and oxygen atoms in total. The second kappa shape index (κ2) is 11.5. The van der Waals surface area contributed by atoms with Gasteiger partial charge in [-0.2, -0.15) is 8.42 Å². The highest BCUT2D eigenvalue weighted by Crippen LogP contribution is 2.24. The maximum Gasteiger partial charge on any atom is 0.296 e. The second-order valence-electron chi connectivity index (χ2n) is 7.82. The van der Waals surface area contributed by atoms with Gasteiger partial charge in [0.1, 0.15) is 5.75 Å². The van der Waals surface area contributed by atoms with Crippen molar-refractivity contribution >= 4 is 21.7 Å². The average molecular weight is 473 g/mol. The van der Waals surface area contributed by atoms with Gasteiger partial charge in [-0.15, -0.1) is 0 Å². The molecule has 0 heterocycles. The quantitative estimate of drug-likeness (QED) is 0.284. The molecule has 0 bridgehead atoms. The van der Waals surface area contributed by atoms with E-state index in [0.717, 1.165) is 40.3 Å². The molecule has 0 saturated heterocycles. The molecule has 0 amide bonds. The molecule has 6 heteroatoms. The van der Waals surface area contributed by atoms with Crippen molar-refractivity contribution in [1.82, 2.24) is 0 Å². The lowest BCUT2D eigenvalue weighted by Crippen LogP contribution is -2.13. The van der Waals surface area contributed by atoms with Gasteiger partial charge >= 0.3 is 0 Å². The topological polar surface area (TPSA) is 52.6 Å². The Morgan fingerprint density at radius 2 is 1.38 bits per heavy atom. The van der Waals surface area contributed by atoms with Crippen LogP contribution >= 0.6 is 11.6 Å². The van der Waals surface area contributed by atoms with Crippen LogP contribution in [0.1, 0.15) is 31.7 Å². The summed E-state index contributed by atoms with van der Waals surface area (Å²) in [6.45, 7) is 4.76. The van der Waals surface area contributed by atoms with Crippen molar-refractivity contribution in [1.29, 1.82) is 0 Å². The van der Waals surface area contributed by atoms with Crippen molar-refractivity contribution in [3.8, 4) is 16.9 Å². The number of hydrogen-bond donors (Lipinski definition) is 0. The molecule has 1 unspecified atom stereocenters. The maximum absolute atomic E-state index is 12.3. The molecule has 3 rings (SSSR count). The Labute approximate surface area is 196 Å². The lowest BCUT2D eigenvalue weighted by molar-refractivity contribution is 0.236. The van der Waals surface area contributed by atoms with E-state index in [-0.39, 0.29) is 11.5 Å². The third-order valence-electron chi connectivity index (χ3n) is 5.48. The second-order valence-corrected chi connectivity index (χ2v) is 9.87. The van der Waals surface area contributed by atoms with Crippen molar-refractivity contribution in [3.63, 3.8) is 0 Å². The van der Waals surface area contributed by atoms with Crippen LogP contribution in [0.15, 0.2) is 77.7 Å². The maximum atomic E-state index is 12.3. The summed E-state index contributed by atoms with van der Waals surface area (Å²) in [5, 5.41) is 0.720. The van der Waals surface area contributed by atoms with E-state index in [1.54, 1.807) is 24.3 Å². The lowest BCUT2D eigenvalue weighted by atomic mass is 10.00. The van der Waals surface area contributed by atoms with E-state index in [0.29, 0.717) is 18.9 Å². The van der Waals surface area contributed by atoms with Crippen LogP contribution in [-0.2, 0) is 14.3 Å². The summed E-state index contributed by atoms with van der Waals surface area (Å²) in [5.74, 6) is 1.15. The van der Waals surface area contributed by atoms with E-state index < -0.39 is 10.1 Å². The number of ether oxygens (including phenoxy) is 1. The minimum Gasteiger partial charge on any atom is -0.494 e. The summed E-state index contributed by atoms with van der Waals surface area (Å²) in [7, 11) is -3.71. The molecule has 0 aliphatic heterocycles. The van der Waals surface area contributed by atoms with Crippen LogP contribution in [0.3, 0.4) is 0 Å². The van der Waals surface area contributed by atoms with E-state index in [1.807, 2.05) is 55.5 Å².